The Morgan fingerprint density at radius 3 is 2.62 bits per heavy atom. The number of benzene rings is 1. The normalized spacial score (nSPS) is 14.6. The number of imide groups is 1. The Bertz CT molecular complexity index is 1150. The molecule has 11 nitrogen and oxygen atoms in total. The van der Waals surface area contributed by atoms with Gasteiger partial charge in [-0.05, 0) is 56.3 Å². The zero-order valence-corrected chi connectivity index (χ0v) is 19.4. The minimum absolute atomic E-state index is 0.133. The minimum atomic E-state index is -0.668. The van der Waals surface area contributed by atoms with Gasteiger partial charge in [-0.1, -0.05) is 6.07 Å². The molecule has 0 unspecified atom stereocenters. The standard InChI is InChI=1S/C22H21N3O8S/c1-4-31-17-9-14(5-7-16(17)33-19-8-6-15(11-23-19)25(29)30)10-18-21(27)24(22(28)34-18)12-20(26)32-13(2)3/h5-11,13H,4,12H2,1-3H3/b18-10-. The van der Waals surface area contributed by atoms with Gasteiger partial charge in [-0.2, -0.15) is 0 Å². The highest BCUT2D eigenvalue weighted by Crippen LogP contribution is 2.36. The Morgan fingerprint density at radius 1 is 1.24 bits per heavy atom. The monoisotopic (exact) mass is 487 g/mol. The Hall–Kier alpha value is -3.93. The molecule has 2 amide bonds. The summed E-state index contributed by atoms with van der Waals surface area (Å²) in [6, 6.07) is 7.48. The zero-order valence-electron chi connectivity index (χ0n) is 18.5. The summed E-state index contributed by atoms with van der Waals surface area (Å²) < 4.78 is 16.3. The van der Waals surface area contributed by atoms with Crippen molar-refractivity contribution in [2.24, 2.45) is 0 Å². The van der Waals surface area contributed by atoms with Gasteiger partial charge in [-0.3, -0.25) is 29.4 Å². The lowest BCUT2D eigenvalue weighted by molar-refractivity contribution is -0.385. The molecule has 1 aromatic heterocycles. The third-order valence-corrected chi connectivity index (χ3v) is 5.15. The summed E-state index contributed by atoms with van der Waals surface area (Å²) in [5, 5.41) is 10.2. The lowest BCUT2D eigenvalue weighted by Crippen LogP contribution is -2.35. The van der Waals surface area contributed by atoms with Crippen LogP contribution < -0.4 is 9.47 Å². The Morgan fingerprint density at radius 2 is 2.00 bits per heavy atom. The summed E-state index contributed by atoms with van der Waals surface area (Å²) in [4.78, 5) is 51.8. The molecule has 3 rings (SSSR count). The molecule has 1 aliphatic rings. The Kier molecular flexibility index (Phi) is 7.84. The van der Waals surface area contributed by atoms with Crippen LogP contribution in [-0.4, -0.2) is 51.2 Å². The highest BCUT2D eigenvalue weighted by molar-refractivity contribution is 8.18. The summed E-state index contributed by atoms with van der Waals surface area (Å²) in [5.74, 6) is -0.475. The van der Waals surface area contributed by atoms with Crippen LogP contribution in [0.1, 0.15) is 26.3 Å². The second-order valence-electron chi connectivity index (χ2n) is 7.16. The maximum atomic E-state index is 12.6. The number of aromatic nitrogens is 1. The molecule has 0 radical (unpaired) electrons. The highest BCUT2D eigenvalue weighted by atomic mass is 32.2. The van der Waals surface area contributed by atoms with Crippen molar-refractivity contribution in [3.05, 3.63) is 57.1 Å². The van der Waals surface area contributed by atoms with E-state index < -0.39 is 28.6 Å². The molecule has 1 fully saturated rings. The molecule has 1 aliphatic heterocycles. The predicted octanol–water partition coefficient (Wildman–Crippen LogP) is 4.17. The van der Waals surface area contributed by atoms with E-state index in [1.54, 1.807) is 39.0 Å². The number of thioether (sulfide) groups is 1. The first-order chi connectivity index (χ1) is 16.2. The smallest absolute Gasteiger partial charge is 0.326 e. The molecule has 0 spiro atoms. The number of hydrogen-bond acceptors (Lipinski definition) is 10. The molecule has 0 saturated carbocycles. The number of rotatable bonds is 9. The maximum Gasteiger partial charge on any atom is 0.326 e. The first-order valence-corrected chi connectivity index (χ1v) is 11.0. The largest absolute Gasteiger partial charge is 0.490 e. The zero-order chi connectivity index (χ0) is 24.8. The summed E-state index contributed by atoms with van der Waals surface area (Å²) in [5.41, 5.74) is 0.391. The van der Waals surface area contributed by atoms with Crippen LogP contribution in [0.15, 0.2) is 41.4 Å². The molecule has 12 heteroatoms. The van der Waals surface area contributed by atoms with E-state index in [9.17, 15) is 24.5 Å². The van der Waals surface area contributed by atoms with Gasteiger partial charge in [0.15, 0.2) is 11.5 Å². The molecule has 2 heterocycles. The van der Waals surface area contributed by atoms with E-state index in [0.717, 1.165) is 22.9 Å². The molecule has 0 N–H and O–H groups in total. The Balaban J connectivity index is 1.79. The fourth-order valence-electron chi connectivity index (χ4n) is 2.84. The number of carbonyl (C=O) groups is 3. The Labute approximate surface area is 198 Å². The summed E-state index contributed by atoms with van der Waals surface area (Å²) >= 11 is 0.721. The SMILES string of the molecule is CCOc1cc(/C=C2\SC(=O)N(CC(=O)OC(C)C)C2=O)ccc1Oc1ccc([N+](=O)[O-])cn1. The van der Waals surface area contributed by atoms with Gasteiger partial charge in [-0.25, -0.2) is 4.98 Å². The van der Waals surface area contributed by atoms with Crippen molar-refractivity contribution in [3.8, 4) is 17.4 Å². The van der Waals surface area contributed by atoms with E-state index >= 15 is 0 Å². The van der Waals surface area contributed by atoms with Gasteiger partial charge < -0.3 is 14.2 Å². The first-order valence-electron chi connectivity index (χ1n) is 10.2. The van der Waals surface area contributed by atoms with Crippen LogP contribution in [-0.2, 0) is 14.3 Å². The molecule has 178 valence electrons. The topological polar surface area (TPSA) is 138 Å². The van der Waals surface area contributed by atoms with Gasteiger partial charge in [0.1, 0.15) is 12.7 Å². The molecule has 2 aromatic rings. The van der Waals surface area contributed by atoms with Crippen molar-refractivity contribution in [2.45, 2.75) is 26.9 Å². The quantitative estimate of drug-likeness (QED) is 0.219. The van der Waals surface area contributed by atoms with E-state index in [-0.39, 0.29) is 22.6 Å². The summed E-state index contributed by atoms with van der Waals surface area (Å²) in [6.45, 7) is 4.99. The van der Waals surface area contributed by atoms with E-state index in [4.69, 9.17) is 14.2 Å². The minimum Gasteiger partial charge on any atom is -0.490 e. The van der Waals surface area contributed by atoms with Crippen LogP contribution in [0.2, 0.25) is 0 Å². The van der Waals surface area contributed by atoms with E-state index in [0.29, 0.717) is 23.7 Å². The van der Waals surface area contributed by atoms with Crippen molar-refractivity contribution in [1.29, 1.82) is 0 Å². The van der Waals surface area contributed by atoms with Crippen LogP contribution >= 0.6 is 11.8 Å². The first kappa shape index (κ1) is 24.7. The number of hydrogen-bond donors (Lipinski definition) is 0. The number of carbonyl (C=O) groups excluding carboxylic acids is 3. The second kappa shape index (κ2) is 10.8. The van der Waals surface area contributed by atoms with Gasteiger partial charge in [-0.15, -0.1) is 0 Å². The van der Waals surface area contributed by atoms with Crippen molar-refractivity contribution in [1.82, 2.24) is 9.88 Å². The molecule has 1 saturated heterocycles. The highest BCUT2D eigenvalue weighted by Gasteiger charge is 2.36. The van der Waals surface area contributed by atoms with Crippen molar-refractivity contribution < 1.29 is 33.5 Å². The van der Waals surface area contributed by atoms with Gasteiger partial charge in [0.25, 0.3) is 16.8 Å². The summed E-state index contributed by atoms with van der Waals surface area (Å²) in [6.07, 6.45) is 2.23. The number of nitrogens with zero attached hydrogens (tertiary/aromatic N) is 3. The average molecular weight is 487 g/mol. The number of amides is 2. The molecule has 0 aliphatic carbocycles. The molecule has 1 aromatic carbocycles. The third-order valence-electron chi connectivity index (χ3n) is 4.24. The summed E-state index contributed by atoms with van der Waals surface area (Å²) in [7, 11) is 0. The number of pyridine rings is 1. The maximum absolute atomic E-state index is 12.6. The van der Waals surface area contributed by atoms with E-state index in [2.05, 4.69) is 4.98 Å². The van der Waals surface area contributed by atoms with Gasteiger partial charge >= 0.3 is 5.97 Å². The fraction of sp³-hybridized carbons (Fsp3) is 0.273. The van der Waals surface area contributed by atoms with Crippen molar-refractivity contribution in [2.75, 3.05) is 13.2 Å². The number of ether oxygens (including phenoxy) is 3. The van der Waals surface area contributed by atoms with Gasteiger partial charge in [0.2, 0.25) is 5.88 Å². The second-order valence-corrected chi connectivity index (χ2v) is 8.15. The average Bonchev–Trinajstić information content (AvgIpc) is 3.03. The van der Waals surface area contributed by atoms with E-state index in [1.165, 1.54) is 18.2 Å². The number of esters is 1. The lowest BCUT2D eigenvalue weighted by Gasteiger charge is -2.13. The molecule has 0 atom stereocenters. The van der Waals surface area contributed by atoms with Crippen molar-refractivity contribution >= 4 is 40.6 Å². The van der Waals surface area contributed by atoms with Crippen LogP contribution in [0.5, 0.6) is 17.4 Å². The molecular formula is C22H21N3O8S. The third kappa shape index (κ3) is 6.10. The molecular weight excluding hydrogens is 466 g/mol. The van der Waals surface area contributed by atoms with Crippen LogP contribution in [0, 0.1) is 10.1 Å². The van der Waals surface area contributed by atoms with Gasteiger partial charge in [0.05, 0.1) is 22.5 Å². The fourth-order valence-corrected chi connectivity index (χ4v) is 3.68. The van der Waals surface area contributed by atoms with Crippen molar-refractivity contribution in [3.63, 3.8) is 0 Å². The van der Waals surface area contributed by atoms with Crippen LogP contribution in [0.4, 0.5) is 10.5 Å². The van der Waals surface area contributed by atoms with E-state index in [1.807, 2.05) is 0 Å². The predicted molar refractivity (Wildman–Crippen MR) is 122 cm³/mol. The van der Waals surface area contributed by atoms with Crippen LogP contribution in [0.3, 0.4) is 0 Å². The van der Waals surface area contributed by atoms with Gasteiger partial charge in [0, 0.05) is 12.1 Å². The lowest BCUT2D eigenvalue weighted by atomic mass is 10.2. The molecule has 0 bridgehead atoms. The molecule has 34 heavy (non-hydrogen) atoms. The number of nitro groups is 1. The van der Waals surface area contributed by atoms with Crippen LogP contribution in [0.25, 0.3) is 6.08 Å².